The summed E-state index contributed by atoms with van der Waals surface area (Å²) in [6.45, 7) is 0.537. The number of alkyl halides is 3. The summed E-state index contributed by atoms with van der Waals surface area (Å²) in [4.78, 5) is 0. The maximum atomic E-state index is 11.5. The fourth-order valence-electron chi connectivity index (χ4n) is 1.09. The number of halogens is 4. The highest BCUT2D eigenvalue weighted by atomic mass is 35.5. The molecule has 0 saturated carbocycles. The average molecular weight is 206 g/mol. The third-order valence-corrected chi connectivity index (χ3v) is 1.61. The lowest BCUT2D eigenvalue weighted by Gasteiger charge is -2.11. The molecule has 1 N–H and O–H groups in total. The van der Waals surface area contributed by atoms with Crippen LogP contribution in [0.1, 0.15) is 12.8 Å². The predicted octanol–water partition coefficient (Wildman–Crippen LogP) is 1.70. The number of nitrogens with one attached hydrogen (secondary N) is 1. The lowest BCUT2D eigenvalue weighted by atomic mass is 10.2. The first-order valence-corrected chi connectivity index (χ1v) is 3.52. The molecule has 0 amide bonds. The maximum Gasteiger partial charge on any atom is 0.522 e. The predicted molar refractivity (Wildman–Crippen MR) is 40.3 cm³/mol. The highest BCUT2D eigenvalue weighted by Crippen LogP contribution is 2.17. The van der Waals surface area contributed by atoms with Gasteiger partial charge in [-0.3, -0.25) is 4.74 Å². The Bertz CT molecular complexity index is 124. The van der Waals surface area contributed by atoms with E-state index < -0.39 is 6.36 Å². The van der Waals surface area contributed by atoms with Gasteiger partial charge in [0.2, 0.25) is 0 Å². The molecule has 0 aromatic carbocycles. The summed E-state index contributed by atoms with van der Waals surface area (Å²) in [5.41, 5.74) is 0. The lowest BCUT2D eigenvalue weighted by Crippen LogP contribution is -2.30. The van der Waals surface area contributed by atoms with Crippen LogP contribution < -0.4 is 5.32 Å². The van der Waals surface area contributed by atoms with E-state index in [1.165, 1.54) is 0 Å². The molecule has 0 aliphatic carbocycles. The number of rotatable bonds is 2. The van der Waals surface area contributed by atoms with Crippen molar-refractivity contribution < 1.29 is 17.9 Å². The van der Waals surface area contributed by atoms with Crippen molar-refractivity contribution in [2.75, 3.05) is 13.2 Å². The molecular formula is C6H11ClF3NO. The Morgan fingerprint density at radius 2 is 2.08 bits per heavy atom. The summed E-state index contributed by atoms with van der Waals surface area (Å²) in [7, 11) is 0. The monoisotopic (exact) mass is 205 g/mol. The second kappa shape index (κ2) is 4.89. The first-order chi connectivity index (χ1) is 5.08. The van der Waals surface area contributed by atoms with E-state index in [1.54, 1.807) is 0 Å². The summed E-state index contributed by atoms with van der Waals surface area (Å²) in [5.74, 6) is 0. The van der Waals surface area contributed by atoms with E-state index >= 15 is 0 Å². The van der Waals surface area contributed by atoms with E-state index in [-0.39, 0.29) is 25.1 Å². The molecule has 1 unspecified atom stereocenters. The Hall–Kier alpha value is -0.0000000000000000416. The zero-order chi connectivity index (χ0) is 8.32. The van der Waals surface area contributed by atoms with Crippen molar-refractivity contribution in [3.8, 4) is 0 Å². The molecule has 12 heavy (non-hydrogen) atoms. The van der Waals surface area contributed by atoms with Crippen LogP contribution in [0.2, 0.25) is 0 Å². The van der Waals surface area contributed by atoms with Crippen LogP contribution in [-0.4, -0.2) is 25.6 Å². The number of ether oxygens (including phenoxy) is 1. The molecule has 0 spiro atoms. The van der Waals surface area contributed by atoms with Crippen molar-refractivity contribution in [1.29, 1.82) is 0 Å². The van der Waals surface area contributed by atoms with Gasteiger partial charge in [-0.25, -0.2) is 0 Å². The lowest BCUT2D eigenvalue weighted by molar-refractivity contribution is -0.326. The average Bonchev–Trinajstić information content (AvgIpc) is 2.32. The van der Waals surface area contributed by atoms with Gasteiger partial charge in [0.25, 0.3) is 0 Å². The van der Waals surface area contributed by atoms with Crippen LogP contribution in [0.3, 0.4) is 0 Å². The minimum absolute atomic E-state index is 0. The second-order valence-electron chi connectivity index (χ2n) is 2.55. The molecule has 2 nitrogen and oxygen atoms in total. The van der Waals surface area contributed by atoms with Gasteiger partial charge in [0.05, 0.1) is 6.61 Å². The standard InChI is InChI=1S/C6H10F3NO.ClH/c7-6(8,9)11-4-5-2-1-3-10-5;/h5,10H,1-4H2;1H. The van der Waals surface area contributed by atoms with Gasteiger partial charge in [0.15, 0.2) is 0 Å². The van der Waals surface area contributed by atoms with E-state index in [0.29, 0.717) is 0 Å². The van der Waals surface area contributed by atoms with Gasteiger partial charge >= 0.3 is 6.36 Å². The highest BCUT2D eigenvalue weighted by molar-refractivity contribution is 5.85. The SMILES string of the molecule is Cl.FC(F)(F)OCC1CCCN1. The summed E-state index contributed by atoms with van der Waals surface area (Å²) in [6, 6.07) is -0.114. The second-order valence-corrected chi connectivity index (χ2v) is 2.55. The van der Waals surface area contributed by atoms with Gasteiger partial charge in [0.1, 0.15) is 0 Å². The highest BCUT2D eigenvalue weighted by Gasteiger charge is 2.30. The molecular weight excluding hydrogens is 195 g/mol. The molecule has 1 rings (SSSR count). The van der Waals surface area contributed by atoms with E-state index in [9.17, 15) is 13.2 Å². The van der Waals surface area contributed by atoms with Gasteiger partial charge in [-0.15, -0.1) is 25.6 Å². The van der Waals surface area contributed by atoms with E-state index in [2.05, 4.69) is 10.1 Å². The molecule has 0 radical (unpaired) electrons. The fraction of sp³-hybridized carbons (Fsp3) is 1.00. The molecule has 1 aliphatic heterocycles. The summed E-state index contributed by atoms with van der Waals surface area (Å²) < 4.78 is 38.0. The van der Waals surface area contributed by atoms with Gasteiger partial charge in [0, 0.05) is 6.04 Å². The first-order valence-electron chi connectivity index (χ1n) is 3.52. The van der Waals surface area contributed by atoms with Crippen molar-refractivity contribution in [2.24, 2.45) is 0 Å². The summed E-state index contributed by atoms with van der Waals surface area (Å²) in [5, 5.41) is 2.90. The van der Waals surface area contributed by atoms with Gasteiger partial charge in [-0.05, 0) is 19.4 Å². The molecule has 0 aromatic rings. The van der Waals surface area contributed by atoms with Crippen molar-refractivity contribution in [2.45, 2.75) is 25.2 Å². The quantitative estimate of drug-likeness (QED) is 0.741. The van der Waals surface area contributed by atoms with Crippen LogP contribution in [0.5, 0.6) is 0 Å². The van der Waals surface area contributed by atoms with Gasteiger partial charge in [-0.1, -0.05) is 0 Å². The van der Waals surface area contributed by atoms with Crippen LogP contribution in [0.25, 0.3) is 0 Å². The molecule has 1 heterocycles. The van der Waals surface area contributed by atoms with Crippen molar-refractivity contribution >= 4 is 12.4 Å². The first kappa shape index (κ1) is 12.0. The van der Waals surface area contributed by atoms with Gasteiger partial charge < -0.3 is 5.32 Å². The van der Waals surface area contributed by atoms with Crippen LogP contribution in [0.15, 0.2) is 0 Å². The Labute approximate surface area is 74.9 Å². The number of hydrogen-bond donors (Lipinski definition) is 1. The van der Waals surface area contributed by atoms with Crippen molar-refractivity contribution in [1.82, 2.24) is 5.32 Å². The molecule has 74 valence electrons. The maximum absolute atomic E-state index is 11.5. The van der Waals surface area contributed by atoms with E-state index in [1.807, 2.05) is 0 Å². The third kappa shape index (κ3) is 4.79. The van der Waals surface area contributed by atoms with Crippen molar-refractivity contribution in [3.05, 3.63) is 0 Å². The van der Waals surface area contributed by atoms with E-state index in [4.69, 9.17) is 0 Å². The zero-order valence-electron chi connectivity index (χ0n) is 6.36. The van der Waals surface area contributed by atoms with Crippen LogP contribution >= 0.6 is 12.4 Å². The molecule has 1 fully saturated rings. The third-order valence-electron chi connectivity index (χ3n) is 1.61. The smallest absolute Gasteiger partial charge is 0.312 e. The van der Waals surface area contributed by atoms with Crippen LogP contribution in [0.4, 0.5) is 13.2 Å². The largest absolute Gasteiger partial charge is 0.522 e. The van der Waals surface area contributed by atoms with Crippen LogP contribution in [0, 0.1) is 0 Å². The number of hydrogen-bond acceptors (Lipinski definition) is 2. The Balaban J connectivity index is 0.00000121. The Morgan fingerprint density at radius 3 is 2.50 bits per heavy atom. The Kier molecular flexibility index (Phi) is 4.89. The molecule has 1 aliphatic rings. The zero-order valence-corrected chi connectivity index (χ0v) is 7.17. The molecule has 0 aromatic heterocycles. The minimum Gasteiger partial charge on any atom is -0.312 e. The topological polar surface area (TPSA) is 21.3 Å². The summed E-state index contributed by atoms with van der Waals surface area (Å²) >= 11 is 0. The van der Waals surface area contributed by atoms with Crippen LogP contribution in [-0.2, 0) is 4.74 Å². The van der Waals surface area contributed by atoms with Gasteiger partial charge in [-0.2, -0.15) is 0 Å². The normalized spacial score (nSPS) is 23.8. The molecule has 6 heteroatoms. The fourth-order valence-corrected chi connectivity index (χ4v) is 1.09. The minimum atomic E-state index is -4.48. The van der Waals surface area contributed by atoms with E-state index in [0.717, 1.165) is 19.4 Å². The molecule has 1 saturated heterocycles. The molecule has 1 atom stereocenters. The summed E-state index contributed by atoms with van der Waals surface area (Å²) in [6.07, 6.45) is -2.77. The van der Waals surface area contributed by atoms with Crippen molar-refractivity contribution in [3.63, 3.8) is 0 Å². The molecule has 0 bridgehead atoms. The Morgan fingerprint density at radius 1 is 1.42 bits per heavy atom.